The Hall–Kier alpha value is -1.82. The molecule has 5 nitrogen and oxygen atoms in total. The van der Waals surface area contributed by atoms with E-state index < -0.39 is 17.7 Å². The van der Waals surface area contributed by atoms with Crippen molar-refractivity contribution in [3.8, 4) is 5.75 Å². The summed E-state index contributed by atoms with van der Waals surface area (Å²) >= 11 is 3.41. The molecule has 0 aromatic heterocycles. The monoisotopic (exact) mass is 380 g/mol. The highest BCUT2D eigenvalue weighted by molar-refractivity contribution is 9.10. The van der Waals surface area contributed by atoms with Crippen LogP contribution in [0, 0.1) is 0 Å². The van der Waals surface area contributed by atoms with Crippen LogP contribution in [0.25, 0.3) is 6.08 Å². The van der Waals surface area contributed by atoms with Gasteiger partial charge in [0.15, 0.2) is 0 Å². The van der Waals surface area contributed by atoms with Crippen molar-refractivity contribution >= 4 is 33.9 Å². The number of hydrogen-bond donors (Lipinski definition) is 0. The molecule has 0 atom stereocenters. The highest BCUT2D eigenvalue weighted by Crippen LogP contribution is 2.38. The number of hydrogen-bond acceptors (Lipinski definition) is 5. The van der Waals surface area contributed by atoms with E-state index in [9.17, 15) is 9.59 Å². The topological polar surface area (TPSA) is 61.8 Å². The van der Waals surface area contributed by atoms with E-state index in [1.807, 2.05) is 6.92 Å². The summed E-state index contributed by atoms with van der Waals surface area (Å²) in [7, 11) is 0. The average Bonchev–Trinajstić information content (AvgIpc) is 2.93. The molecule has 2 fully saturated rings. The van der Waals surface area contributed by atoms with Crippen molar-refractivity contribution in [3.63, 3.8) is 0 Å². The van der Waals surface area contributed by atoms with Crippen LogP contribution in [0.4, 0.5) is 0 Å². The first kappa shape index (κ1) is 16.1. The fourth-order valence-electron chi connectivity index (χ4n) is 2.83. The molecular weight excluding hydrogens is 364 g/mol. The molecule has 1 aromatic rings. The van der Waals surface area contributed by atoms with E-state index in [1.165, 1.54) is 6.08 Å². The van der Waals surface area contributed by atoms with Crippen molar-refractivity contribution in [2.24, 2.45) is 0 Å². The summed E-state index contributed by atoms with van der Waals surface area (Å²) in [6.07, 6.45) is 4.42. The second-order valence-electron chi connectivity index (χ2n) is 5.58. The van der Waals surface area contributed by atoms with Gasteiger partial charge >= 0.3 is 11.9 Å². The molecule has 122 valence electrons. The highest BCUT2D eigenvalue weighted by atomic mass is 79.9. The average molecular weight is 381 g/mol. The highest BCUT2D eigenvalue weighted by Gasteiger charge is 2.47. The number of carbonyl (C=O) groups is 2. The van der Waals surface area contributed by atoms with Gasteiger partial charge in [0, 0.05) is 12.8 Å². The Morgan fingerprint density at radius 2 is 1.87 bits per heavy atom. The zero-order valence-corrected chi connectivity index (χ0v) is 14.4. The molecule has 1 saturated carbocycles. The van der Waals surface area contributed by atoms with Crippen LogP contribution in [-0.4, -0.2) is 24.3 Å². The van der Waals surface area contributed by atoms with E-state index in [4.69, 9.17) is 14.2 Å². The maximum atomic E-state index is 12.2. The molecule has 1 spiro atoms. The fourth-order valence-corrected chi connectivity index (χ4v) is 3.34. The van der Waals surface area contributed by atoms with Crippen LogP contribution >= 0.6 is 15.9 Å². The first-order chi connectivity index (χ1) is 11.0. The third-order valence-electron chi connectivity index (χ3n) is 3.93. The van der Waals surface area contributed by atoms with Crippen LogP contribution in [0.3, 0.4) is 0 Å². The SMILES string of the molecule is CCOc1ccc(C=C2C(=O)OC3(CCCC3)OC2=O)cc1Br. The molecule has 2 aliphatic rings. The molecule has 1 heterocycles. The van der Waals surface area contributed by atoms with Gasteiger partial charge in [-0.1, -0.05) is 6.07 Å². The number of carbonyl (C=O) groups excluding carboxylic acids is 2. The van der Waals surface area contributed by atoms with Gasteiger partial charge in [-0.05, 0) is 59.5 Å². The molecular formula is C17H17BrO5. The molecule has 0 amide bonds. The molecule has 6 heteroatoms. The van der Waals surface area contributed by atoms with Crippen molar-refractivity contribution in [2.75, 3.05) is 6.61 Å². The van der Waals surface area contributed by atoms with E-state index in [-0.39, 0.29) is 5.57 Å². The molecule has 0 bridgehead atoms. The van der Waals surface area contributed by atoms with Crippen molar-refractivity contribution in [2.45, 2.75) is 38.4 Å². The summed E-state index contributed by atoms with van der Waals surface area (Å²) in [6.45, 7) is 2.45. The summed E-state index contributed by atoms with van der Waals surface area (Å²) in [4.78, 5) is 24.4. The lowest BCUT2D eigenvalue weighted by Gasteiger charge is -2.32. The summed E-state index contributed by atoms with van der Waals surface area (Å²) < 4.78 is 17.0. The van der Waals surface area contributed by atoms with Crippen LogP contribution in [-0.2, 0) is 19.1 Å². The number of benzene rings is 1. The van der Waals surface area contributed by atoms with Crippen LogP contribution in [0.1, 0.15) is 38.2 Å². The van der Waals surface area contributed by atoms with E-state index in [2.05, 4.69) is 15.9 Å². The zero-order valence-electron chi connectivity index (χ0n) is 12.8. The van der Waals surface area contributed by atoms with Gasteiger partial charge in [-0.3, -0.25) is 0 Å². The first-order valence-electron chi connectivity index (χ1n) is 7.64. The Morgan fingerprint density at radius 1 is 1.22 bits per heavy atom. The standard InChI is InChI=1S/C17H17BrO5/c1-2-21-14-6-5-11(10-13(14)18)9-12-15(19)22-17(23-16(12)20)7-3-4-8-17/h5-6,9-10H,2-4,7-8H2,1H3. The Morgan fingerprint density at radius 3 is 2.43 bits per heavy atom. The van der Waals surface area contributed by atoms with E-state index in [0.29, 0.717) is 30.8 Å². The van der Waals surface area contributed by atoms with Gasteiger partial charge in [-0.2, -0.15) is 0 Å². The predicted molar refractivity (Wildman–Crippen MR) is 86.7 cm³/mol. The minimum Gasteiger partial charge on any atom is -0.493 e. The quantitative estimate of drug-likeness (QED) is 0.455. The van der Waals surface area contributed by atoms with Gasteiger partial charge in [-0.25, -0.2) is 9.59 Å². The van der Waals surface area contributed by atoms with Crippen LogP contribution in [0.5, 0.6) is 5.75 Å². The molecule has 1 saturated heterocycles. The molecule has 0 unspecified atom stereocenters. The number of esters is 2. The van der Waals surface area contributed by atoms with Crippen LogP contribution in [0.2, 0.25) is 0 Å². The van der Waals surface area contributed by atoms with Crippen LogP contribution < -0.4 is 4.74 Å². The zero-order chi connectivity index (χ0) is 16.4. The summed E-state index contributed by atoms with van der Waals surface area (Å²) in [5.41, 5.74) is 0.602. The number of rotatable bonds is 3. The first-order valence-corrected chi connectivity index (χ1v) is 8.43. The third kappa shape index (κ3) is 3.27. The molecule has 0 radical (unpaired) electrons. The largest absolute Gasteiger partial charge is 0.493 e. The maximum absolute atomic E-state index is 12.2. The Balaban J connectivity index is 1.83. The van der Waals surface area contributed by atoms with E-state index in [1.54, 1.807) is 18.2 Å². The van der Waals surface area contributed by atoms with Gasteiger partial charge in [0.25, 0.3) is 5.79 Å². The third-order valence-corrected chi connectivity index (χ3v) is 4.55. The van der Waals surface area contributed by atoms with Crippen LogP contribution in [0.15, 0.2) is 28.2 Å². The Kier molecular flexibility index (Phi) is 4.43. The lowest BCUT2D eigenvalue weighted by Crippen LogP contribution is -2.44. The Bertz CT molecular complexity index is 652. The van der Waals surface area contributed by atoms with Gasteiger partial charge in [-0.15, -0.1) is 0 Å². The van der Waals surface area contributed by atoms with Gasteiger partial charge in [0.05, 0.1) is 11.1 Å². The minimum absolute atomic E-state index is 0.0846. The number of ether oxygens (including phenoxy) is 3. The van der Waals surface area contributed by atoms with Crippen molar-refractivity contribution < 1.29 is 23.8 Å². The molecule has 1 aliphatic carbocycles. The minimum atomic E-state index is -1.04. The molecule has 0 N–H and O–H groups in total. The molecule has 1 aromatic carbocycles. The molecule has 23 heavy (non-hydrogen) atoms. The van der Waals surface area contributed by atoms with Crippen molar-refractivity contribution in [1.82, 2.24) is 0 Å². The van der Waals surface area contributed by atoms with E-state index in [0.717, 1.165) is 17.3 Å². The maximum Gasteiger partial charge on any atom is 0.348 e. The van der Waals surface area contributed by atoms with E-state index >= 15 is 0 Å². The smallest absolute Gasteiger partial charge is 0.348 e. The fraction of sp³-hybridized carbons (Fsp3) is 0.412. The van der Waals surface area contributed by atoms with Gasteiger partial charge in [0.2, 0.25) is 0 Å². The second kappa shape index (κ2) is 6.35. The summed E-state index contributed by atoms with van der Waals surface area (Å²) in [5.74, 6) is -1.57. The van der Waals surface area contributed by atoms with Crippen molar-refractivity contribution in [1.29, 1.82) is 0 Å². The Labute approximate surface area is 142 Å². The predicted octanol–water partition coefficient (Wildman–Crippen LogP) is 3.60. The molecule has 1 aliphatic heterocycles. The molecule has 3 rings (SSSR count). The lowest BCUT2D eigenvalue weighted by atomic mass is 10.1. The van der Waals surface area contributed by atoms with Gasteiger partial charge < -0.3 is 14.2 Å². The summed E-state index contributed by atoms with van der Waals surface area (Å²) in [5, 5.41) is 0. The van der Waals surface area contributed by atoms with Gasteiger partial charge in [0.1, 0.15) is 11.3 Å². The number of halogens is 1. The second-order valence-corrected chi connectivity index (χ2v) is 6.43. The normalized spacial score (nSPS) is 19.5. The summed E-state index contributed by atoms with van der Waals surface area (Å²) in [6, 6.07) is 5.32. The lowest BCUT2D eigenvalue weighted by molar-refractivity contribution is -0.232. The van der Waals surface area contributed by atoms with Crippen molar-refractivity contribution in [3.05, 3.63) is 33.8 Å².